The summed E-state index contributed by atoms with van der Waals surface area (Å²) in [6, 6.07) is 12.7. The molecule has 0 unspecified atom stereocenters. The second-order valence-corrected chi connectivity index (χ2v) is 7.11. The molecule has 0 bridgehead atoms. The lowest BCUT2D eigenvalue weighted by atomic mass is 10.1. The molecule has 6 nitrogen and oxygen atoms in total. The molecule has 0 aliphatic carbocycles. The molecule has 2 aromatic rings. The van der Waals surface area contributed by atoms with Crippen LogP contribution in [0.25, 0.3) is 0 Å². The number of nitrogens with one attached hydrogen (secondary N) is 1. The molecule has 0 aromatic heterocycles. The third-order valence-corrected chi connectivity index (χ3v) is 5.29. The van der Waals surface area contributed by atoms with Crippen molar-refractivity contribution in [1.82, 2.24) is 4.90 Å². The van der Waals surface area contributed by atoms with E-state index in [0.29, 0.717) is 22.9 Å². The molecular formula is C18H16ClN3O3S. The Morgan fingerprint density at radius 2 is 1.88 bits per heavy atom. The van der Waals surface area contributed by atoms with E-state index in [2.05, 4.69) is 5.32 Å². The predicted molar refractivity (Wildman–Crippen MR) is 102 cm³/mol. The summed E-state index contributed by atoms with van der Waals surface area (Å²) in [5.41, 5.74) is 6.38. The molecule has 0 radical (unpaired) electrons. The van der Waals surface area contributed by atoms with Crippen molar-refractivity contribution in [3.63, 3.8) is 0 Å². The molecule has 8 heteroatoms. The van der Waals surface area contributed by atoms with Crippen LogP contribution in [0.4, 0.5) is 5.69 Å². The van der Waals surface area contributed by atoms with Gasteiger partial charge in [0.2, 0.25) is 11.8 Å². The van der Waals surface area contributed by atoms with E-state index in [4.69, 9.17) is 17.3 Å². The second kappa shape index (κ2) is 7.80. The Hall–Kier alpha value is -2.51. The van der Waals surface area contributed by atoms with Crippen molar-refractivity contribution in [2.45, 2.75) is 6.04 Å². The Balaban J connectivity index is 1.74. The summed E-state index contributed by atoms with van der Waals surface area (Å²) < 4.78 is 0. The molecular weight excluding hydrogens is 374 g/mol. The first-order chi connectivity index (χ1) is 12.5. The van der Waals surface area contributed by atoms with E-state index in [1.165, 1.54) is 23.9 Å². The van der Waals surface area contributed by atoms with Gasteiger partial charge in [0.25, 0.3) is 5.91 Å². The normalized spacial score (nSPS) is 16.3. The van der Waals surface area contributed by atoms with Crippen LogP contribution in [0, 0.1) is 0 Å². The lowest BCUT2D eigenvalue weighted by Crippen LogP contribution is -2.44. The molecule has 1 aliphatic rings. The van der Waals surface area contributed by atoms with Gasteiger partial charge in [0.05, 0.1) is 16.5 Å². The van der Waals surface area contributed by atoms with Crippen LogP contribution in [-0.4, -0.2) is 40.3 Å². The minimum absolute atomic E-state index is 0.160. The Kier molecular flexibility index (Phi) is 5.49. The zero-order valence-corrected chi connectivity index (χ0v) is 15.2. The molecule has 2 aromatic carbocycles. The fraction of sp³-hybridized carbons (Fsp3) is 0.167. The molecule has 3 amide bonds. The Morgan fingerprint density at radius 3 is 2.54 bits per heavy atom. The highest BCUT2D eigenvalue weighted by Gasteiger charge is 2.35. The number of hydrogen-bond acceptors (Lipinski definition) is 4. The molecule has 3 rings (SSSR count). The largest absolute Gasteiger partial charge is 0.366 e. The summed E-state index contributed by atoms with van der Waals surface area (Å²) in [7, 11) is 0. The van der Waals surface area contributed by atoms with E-state index in [-0.39, 0.29) is 22.4 Å². The van der Waals surface area contributed by atoms with Crippen LogP contribution in [0.2, 0.25) is 5.02 Å². The van der Waals surface area contributed by atoms with Crippen molar-refractivity contribution < 1.29 is 14.4 Å². The van der Waals surface area contributed by atoms with E-state index < -0.39 is 11.9 Å². The smallest absolute Gasteiger partial charge is 0.255 e. The van der Waals surface area contributed by atoms with Gasteiger partial charge in [0, 0.05) is 17.0 Å². The van der Waals surface area contributed by atoms with Crippen LogP contribution in [-0.2, 0) is 4.79 Å². The number of carbonyl (C=O) groups excluding carboxylic acids is 3. The molecule has 134 valence electrons. The van der Waals surface area contributed by atoms with Crippen molar-refractivity contribution in [3.05, 3.63) is 64.7 Å². The van der Waals surface area contributed by atoms with Gasteiger partial charge in [-0.25, -0.2) is 0 Å². The number of amides is 3. The highest BCUT2D eigenvalue weighted by atomic mass is 35.5. The Labute approximate surface area is 159 Å². The topological polar surface area (TPSA) is 92.5 Å². The average Bonchev–Trinajstić information content (AvgIpc) is 3.11. The van der Waals surface area contributed by atoms with Crippen LogP contribution in [0.1, 0.15) is 20.7 Å². The highest BCUT2D eigenvalue weighted by molar-refractivity contribution is 7.99. The second-order valence-electron chi connectivity index (χ2n) is 5.70. The van der Waals surface area contributed by atoms with E-state index >= 15 is 0 Å². The van der Waals surface area contributed by atoms with Crippen LogP contribution >= 0.6 is 23.4 Å². The minimum Gasteiger partial charge on any atom is -0.366 e. The van der Waals surface area contributed by atoms with Gasteiger partial charge in [0.15, 0.2) is 0 Å². The first kappa shape index (κ1) is 18.3. The van der Waals surface area contributed by atoms with E-state index in [1.807, 2.05) is 6.07 Å². The number of nitrogens with two attached hydrogens (primary N) is 1. The van der Waals surface area contributed by atoms with Crippen LogP contribution < -0.4 is 11.1 Å². The maximum atomic E-state index is 12.6. The molecule has 1 saturated heterocycles. The van der Waals surface area contributed by atoms with Gasteiger partial charge < -0.3 is 16.0 Å². The molecule has 3 N–H and O–H groups in total. The van der Waals surface area contributed by atoms with Gasteiger partial charge in [-0.2, -0.15) is 0 Å². The van der Waals surface area contributed by atoms with E-state index in [0.717, 1.165) is 0 Å². The quantitative estimate of drug-likeness (QED) is 0.840. The van der Waals surface area contributed by atoms with Gasteiger partial charge in [-0.1, -0.05) is 29.8 Å². The molecule has 0 spiro atoms. The summed E-state index contributed by atoms with van der Waals surface area (Å²) in [6.07, 6.45) is 0. The SMILES string of the molecule is NC(=O)c1ccc(NC(=O)[C@@H]2CSCN2C(=O)c2ccccc2)cc1Cl. The molecule has 26 heavy (non-hydrogen) atoms. The summed E-state index contributed by atoms with van der Waals surface area (Å²) in [6.45, 7) is 0. The number of halogens is 1. The molecule has 1 aliphatic heterocycles. The molecule has 1 atom stereocenters. The Bertz CT molecular complexity index is 860. The first-order valence-electron chi connectivity index (χ1n) is 7.81. The highest BCUT2D eigenvalue weighted by Crippen LogP contribution is 2.25. The number of primary amides is 1. The summed E-state index contributed by atoms with van der Waals surface area (Å²) in [5, 5.41) is 2.90. The number of benzene rings is 2. The number of thioether (sulfide) groups is 1. The first-order valence-corrected chi connectivity index (χ1v) is 9.34. The van der Waals surface area contributed by atoms with Crippen molar-refractivity contribution in [3.8, 4) is 0 Å². The summed E-state index contributed by atoms with van der Waals surface area (Å²) in [5.74, 6) is -0.162. The third-order valence-electron chi connectivity index (χ3n) is 3.97. The zero-order chi connectivity index (χ0) is 18.7. The van der Waals surface area contributed by atoms with Crippen LogP contribution in [0.3, 0.4) is 0 Å². The van der Waals surface area contributed by atoms with Crippen molar-refractivity contribution in [1.29, 1.82) is 0 Å². The molecule has 1 heterocycles. The monoisotopic (exact) mass is 389 g/mol. The fourth-order valence-corrected chi connectivity index (χ4v) is 4.05. The lowest BCUT2D eigenvalue weighted by molar-refractivity contribution is -0.119. The van der Waals surface area contributed by atoms with Gasteiger partial charge >= 0.3 is 0 Å². The van der Waals surface area contributed by atoms with Crippen LogP contribution in [0.15, 0.2) is 48.5 Å². The van der Waals surface area contributed by atoms with E-state index in [9.17, 15) is 14.4 Å². The van der Waals surface area contributed by atoms with Gasteiger partial charge in [0.1, 0.15) is 6.04 Å². The predicted octanol–water partition coefficient (Wildman–Crippen LogP) is 2.59. The Morgan fingerprint density at radius 1 is 1.15 bits per heavy atom. The number of nitrogens with zero attached hydrogens (tertiary/aromatic N) is 1. The average molecular weight is 390 g/mol. The molecule has 1 fully saturated rings. The van der Waals surface area contributed by atoms with Crippen molar-refractivity contribution in [2.24, 2.45) is 5.73 Å². The number of anilines is 1. The van der Waals surface area contributed by atoms with Gasteiger partial charge in [-0.3, -0.25) is 14.4 Å². The summed E-state index contributed by atoms with van der Waals surface area (Å²) >= 11 is 7.52. The minimum atomic E-state index is -0.639. The maximum Gasteiger partial charge on any atom is 0.255 e. The zero-order valence-electron chi connectivity index (χ0n) is 13.6. The molecule has 0 saturated carbocycles. The van der Waals surface area contributed by atoms with Gasteiger partial charge in [-0.05, 0) is 30.3 Å². The summed E-state index contributed by atoms with van der Waals surface area (Å²) in [4.78, 5) is 38.1. The number of carbonyl (C=O) groups is 3. The van der Waals surface area contributed by atoms with Gasteiger partial charge in [-0.15, -0.1) is 11.8 Å². The third kappa shape index (κ3) is 3.84. The fourth-order valence-electron chi connectivity index (χ4n) is 2.62. The lowest BCUT2D eigenvalue weighted by Gasteiger charge is -2.23. The number of hydrogen-bond donors (Lipinski definition) is 2. The maximum absolute atomic E-state index is 12.6. The van der Waals surface area contributed by atoms with Crippen LogP contribution in [0.5, 0.6) is 0 Å². The van der Waals surface area contributed by atoms with E-state index in [1.54, 1.807) is 35.2 Å². The standard InChI is InChI=1S/C18H16ClN3O3S/c19-14-8-12(6-7-13(14)16(20)23)21-17(24)15-9-26-10-22(15)18(25)11-4-2-1-3-5-11/h1-8,15H,9-10H2,(H2,20,23)(H,21,24)/t15-/m0/s1. The van der Waals surface area contributed by atoms with Crippen molar-refractivity contribution in [2.75, 3.05) is 16.9 Å². The van der Waals surface area contributed by atoms with Crippen molar-refractivity contribution >= 4 is 46.8 Å². The number of rotatable bonds is 4.